The maximum absolute atomic E-state index is 3.75. The standard InChI is InChI=1S/C4H4N6/c1-3(2-6-5-1)4-7-9-10-8-4/h1-2H,(H,5,6)(H,7,8,9,10). The number of hydrogen-bond acceptors (Lipinski definition) is 4. The second-order valence-corrected chi connectivity index (χ2v) is 1.72. The highest BCUT2D eigenvalue weighted by Gasteiger charge is 2.00. The van der Waals surface area contributed by atoms with E-state index >= 15 is 0 Å². The Morgan fingerprint density at radius 1 is 1.40 bits per heavy atom. The van der Waals surface area contributed by atoms with Gasteiger partial charge in [-0.1, -0.05) is 0 Å². The molecule has 0 amide bonds. The van der Waals surface area contributed by atoms with Crippen LogP contribution in [0.5, 0.6) is 0 Å². The van der Waals surface area contributed by atoms with E-state index in [0.717, 1.165) is 5.56 Å². The molecule has 0 spiro atoms. The number of nitrogens with one attached hydrogen (secondary N) is 2. The van der Waals surface area contributed by atoms with Gasteiger partial charge in [0.2, 0.25) is 5.82 Å². The lowest BCUT2D eigenvalue weighted by Gasteiger charge is -1.78. The third-order valence-electron chi connectivity index (χ3n) is 1.10. The maximum Gasteiger partial charge on any atom is 0.207 e. The van der Waals surface area contributed by atoms with E-state index in [1.807, 2.05) is 0 Å². The van der Waals surface area contributed by atoms with Gasteiger partial charge in [0, 0.05) is 6.20 Å². The highest BCUT2D eigenvalue weighted by Crippen LogP contribution is 2.07. The van der Waals surface area contributed by atoms with Crippen molar-refractivity contribution < 1.29 is 0 Å². The number of aromatic amines is 2. The second kappa shape index (κ2) is 1.90. The SMILES string of the molecule is c1n[nH]cc1-c1nn[nH]n1. The Balaban J connectivity index is 2.48. The van der Waals surface area contributed by atoms with E-state index in [-0.39, 0.29) is 0 Å². The summed E-state index contributed by atoms with van der Waals surface area (Å²) in [6, 6.07) is 0. The van der Waals surface area contributed by atoms with Crippen LogP contribution < -0.4 is 0 Å². The predicted molar refractivity (Wildman–Crippen MR) is 31.8 cm³/mol. The molecule has 0 atom stereocenters. The van der Waals surface area contributed by atoms with Crippen molar-refractivity contribution in [2.45, 2.75) is 0 Å². The van der Waals surface area contributed by atoms with Crippen molar-refractivity contribution in [3.63, 3.8) is 0 Å². The Hall–Kier alpha value is -1.72. The van der Waals surface area contributed by atoms with Crippen LogP contribution in [0.25, 0.3) is 11.4 Å². The van der Waals surface area contributed by atoms with E-state index in [4.69, 9.17) is 0 Å². The van der Waals surface area contributed by atoms with Gasteiger partial charge in [-0.15, -0.1) is 10.2 Å². The lowest BCUT2D eigenvalue weighted by molar-refractivity contribution is 0.881. The van der Waals surface area contributed by atoms with Gasteiger partial charge in [-0.25, -0.2) is 0 Å². The largest absolute Gasteiger partial charge is 0.285 e. The molecule has 2 rings (SSSR count). The first-order valence-electron chi connectivity index (χ1n) is 2.69. The fraction of sp³-hybridized carbons (Fsp3) is 0. The average molecular weight is 136 g/mol. The highest BCUT2D eigenvalue weighted by atomic mass is 15.5. The van der Waals surface area contributed by atoms with E-state index in [9.17, 15) is 0 Å². The lowest BCUT2D eigenvalue weighted by Crippen LogP contribution is -1.75. The zero-order valence-electron chi connectivity index (χ0n) is 4.94. The molecule has 0 fully saturated rings. The fourth-order valence-corrected chi connectivity index (χ4v) is 0.657. The van der Waals surface area contributed by atoms with Crippen LogP contribution in [0.4, 0.5) is 0 Å². The van der Waals surface area contributed by atoms with Crippen molar-refractivity contribution >= 4 is 0 Å². The van der Waals surface area contributed by atoms with Crippen molar-refractivity contribution in [1.29, 1.82) is 0 Å². The molecule has 0 aliphatic rings. The summed E-state index contributed by atoms with van der Waals surface area (Å²) in [5.74, 6) is 0.550. The Kier molecular flexibility index (Phi) is 0.970. The zero-order valence-corrected chi connectivity index (χ0v) is 4.94. The van der Waals surface area contributed by atoms with Crippen molar-refractivity contribution in [1.82, 2.24) is 30.8 Å². The minimum Gasteiger partial charge on any atom is -0.285 e. The number of hydrogen-bond donors (Lipinski definition) is 2. The first-order valence-corrected chi connectivity index (χ1v) is 2.69. The lowest BCUT2D eigenvalue weighted by atomic mass is 10.4. The predicted octanol–water partition coefficient (Wildman–Crippen LogP) is -0.410. The first-order chi connectivity index (χ1) is 4.97. The topological polar surface area (TPSA) is 83.1 Å². The second-order valence-electron chi connectivity index (χ2n) is 1.72. The molecule has 0 saturated heterocycles. The van der Waals surface area contributed by atoms with E-state index in [1.165, 1.54) is 0 Å². The van der Waals surface area contributed by atoms with Gasteiger partial charge in [-0.2, -0.15) is 10.3 Å². The summed E-state index contributed by atoms with van der Waals surface area (Å²) >= 11 is 0. The quantitative estimate of drug-likeness (QED) is 0.558. The van der Waals surface area contributed by atoms with Crippen LogP contribution in [0.3, 0.4) is 0 Å². The summed E-state index contributed by atoms with van der Waals surface area (Å²) in [6.07, 6.45) is 3.33. The van der Waals surface area contributed by atoms with Crippen LogP contribution in [-0.2, 0) is 0 Å². The Bertz CT molecular complexity index is 249. The van der Waals surface area contributed by atoms with Gasteiger partial charge in [0.05, 0.1) is 11.8 Å². The van der Waals surface area contributed by atoms with Gasteiger partial charge in [-0.3, -0.25) is 5.10 Å². The summed E-state index contributed by atoms with van der Waals surface area (Å²) in [5.41, 5.74) is 0.828. The highest BCUT2D eigenvalue weighted by molar-refractivity contribution is 5.49. The Labute approximate surface area is 55.7 Å². The summed E-state index contributed by atoms with van der Waals surface area (Å²) in [6.45, 7) is 0. The van der Waals surface area contributed by atoms with Crippen LogP contribution in [0.2, 0.25) is 0 Å². The van der Waals surface area contributed by atoms with Crippen LogP contribution in [-0.4, -0.2) is 30.8 Å². The molecule has 2 aromatic rings. The molecular weight excluding hydrogens is 132 g/mol. The van der Waals surface area contributed by atoms with Crippen LogP contribution >= 0.6 is 0 Å². The number of H-pyrrole nitrogens is 2. The zero-order chi connectivity index (χ0) is 6.81. The molecule has 50 valence electrons. The van der Waals surface area contributed by atoms with Gasteiger partial charge < -0.3 is 0 Å². The van der Waals surface area contributed by atoms with Gasteiger partial charge >= 0.3 is 0 Å². The normalized spacial score (nSPS) is 10.0. The smallest absolute Gasteiger partial charge is 0.207 e. The maximum atomic E-state index is 3.75. The summed E-state index contributed by atoms with van der Waals surface area (Å²) in [7, 11) is 0. The number of rotatable bonds is 1. The van der Waals surface area contributed by atoms with Crippen LogP contribution in [0.15, 0.2) is 12.4 Å². The molecule has 2 N–H and O–H groups in total. The van der Waals surface area contributed by atoms with Gasteiger partial charge in [0.25, 0.3) is 0 Å². The van der Waals surface area contributed by atoms with Crippen LogP contribution in [0, 0.1) is 0 Å². The van der Waals surface area contributed by atoms with Gasteiger partial charge in [0.15, 0.2) is 0 Å². The molecule has 0 unspecified atom stereocenters. The minimum atomic E-state index is 0.550. The summed E-state index contributed by atoms with van der Waals surface area (Å²) < 4.78 is 0. The number of aromatic nitrogens is 6. The number of tetrazole rings is 1. The van der Waals surface area contributed by atoms with E-state index in [1.54, 1.807) is 12.4 Å². The van der Waals surface area contributed by atoms with Crippen LogP contribution in [0.1, 0.15) is 0 Å². The average Bonchev–Trinajstić information content (AvgIpc) is 2.59. The molecule has 6 heteroatoms. The molecule has 0 saturated carbocycles. The number of nitrogens with zero attached hydrogens (tertiary/aromatic N) is 4. The molecule has 2 aromatic heterocycles. The molecule has 0 aliphatic heterocycles. The van der Waals surface area contributed by atoms with Crippen molar-refractivity contribution in [3.05, 3.63) is 12.4 Å². The summed E-state index contributed by atoms with van der Waals surface area (Å²) in [4.78, 5) is 0. The van der Waals surface area contributed by atoms with E-state index in [2.05, 4.69) is 30.8 Å². The molecular formula is C4H4N6. The Morgan fingerprint density at radius 2 is 2.40 bits per heavy atom. The monoisotopic (exact) mass is 136 g/mol. The van der Waals surface area contributed by atoms with Crippen molar-refractivity contribution in [2.24, 2.45) is 0 Å². The first kappa shape index (κ1) is 5.10. The van der Waals surface area contributed by atoms with E-state index < -0.39 is 0 Å². The third kappa shape index (κ3) is 0.661. The van der Waals surface area contributed by atoms with Crippen molar-refractivity contribution in [2.75, 3.05) is 0 Å². The molecule has 2 heterocycles. The fourth-order valence-electron chi connectivity index (χ4n) is 0.657. The van der Waals surface area contributed by atoms with Gasteiger partial charge in [-0.05, 0) is 5.21 Å². The summed E-state index contributed by atoms with van der Waals surface area (Å²) in [5, 5.41) is 19.6. The third-order valence-corrected chi connectivity index (χ3v) is 1.10. The molecule has 6 nitrogen and oxygen atoms in total. The molecule has 10 heavy (non-hydrogen) atoms. The molecule has 0 radical (unpaired) electrons. The molecule has 0 aromatic carbocycles. The molecule has 0 bridgehead atoms. The molecule has 0 aliphatic carbocycles. The van der Waals surface area contributed by atoms with Gasteiger partial charge in [0.1, 0.15) is 0 Å². The van der Waals surface area contributed by atoms with Crippen molar-refractivity contribution in [3.8, 4) is 11.4 Å². The van der Waals surface area contributed by atoms with E-state index in [0.29, 0.717) is 5.82 Å². The Morgan fingerprint density at radius 3 is 3.00 bits per heavy atom. The minimum absolute atomic E-state index is 0.550.